The predicted molar refractivity (Wildman–Crippen MR) is 90.3 cm³/mol. The number of para-hydroxylation sites is 1. The molecule has 0 unspecified atom stereocenters. The lowest BCUT2D eigenvalue weighted by Gasteiger charge is -2.07. The molecule has 2 aromatic carbocycles. The Bertz CT molecular complexity index is 794. The van der Waals surface area contributed by atoms with Crippen LogP contribution in [-0.2, 0) is 6.42 Å². The Morgan fingerprint density at radius 2 is 1.70 bits per heavy atom. The third-order valence-corrected chi connectivity index (χ3v) is 3.73. The van der Waals surface area contributed by atoms with Crippen molar-refractivity contribution in [1.82, 2.24) is 9.78 Å². The van der Waals surface area contributed by atoms with Crippen LogP contribution in [0.15, 0.2) is 54.7 Å². The normalized spacial score (nSPS) is 10.5. The second-order valence-electron chi connectivity index (χ2n) is 5.17. The van der Waals surface area contributed by atoms with Crippen LogP contribution in [0.4, 0.5) is 5.82 Å². The first kappa shape index (κ1) is 15.0. The zero-order chi connectivity index (χ0) is 16.2. The molecule has 0 bridgehead atoms. The van der Waals surface area contributed by atoms with Crippen molar-refractivity contribution < 1.29 is 9.47 Å². The molecule has 1 heterocycles. The topological polar surface area (TPSA) is 62.3 Å². The van der Waals surface area contributed by atoms with Crippen LogP contribution in [0.1, 0.15) is 11.1 Å². The summed E-state index contributed by atoms with van der Waals surface area (Å²) in [6.45, 7) is 0. The van der Waals surface area contributed by atoms with E-state index in [-0.39, 0.29) is 0 Å². The van der Waals surface area contributed by atoms with Crippen molar-refractivity contribution in [3.05, 3.63) is 65.9 Å². The van der Waals surface area contributed by atoms with Crippen molar-refractivity contribution >= 4 is 5.82 Å². The third kappa shape index (κ3) is 3.13. The molecular formula is C18H19N3O2. The maximum absolute atomic E-state index is 6.08. The average molecular weight is 309 g/mol. The number of methoxy groups -OCH3 is 2. The molecule has 0 aliphatic carbocycles. The highest BCUT2D eigenvalue weighted by Crippen LogP contribution is 2.24. The SMILES string of the molecule is COc1ccc(-n2cc(Cc3ccccc3OC)c(N)n2)cc1. The summed E-state index contributed by atoms with van der Waals surface area (Å²) in [5.41, 5.74) is 9.05. The molecule has 0 radical (unpaired) electrons. The van der Waals surface area contributed by atoms with E-state index < -0.39 is 0 Å². The van der Waals surface area contributed by atoms with Gasteiger partial charge in [0.25, 0.3) is 0 Å². The van der Waals surface area contributed by atoms with Gasteiger partial charge >= 0.3 is 0 Å². The van der Waals surface area contributed by atoms with Crippen molar-refractivity contribution in [1.29, 1.82) is 0 Å². The summed E-state index contributed by atoms with van der Waals surface area (Å²) >= 11 is 0. The highest BCUT2D eigenvalue weighted by molar-refractivity contribution is 5.47. The van der Waals surface area contributed by atoms with E-state index in [2.05, 4.69) is 5.10 Å². The third-order valence-electron chi connectivity index (χ3n) is 3.73. The molecule has 0 atom stereocenters. The van der Waals surface area contributed by atoms with Gasteiger partial charge in [0.15, 0.2) is 0 Å². The lowest BCUT2D eigenvalue weighted by atomic mass is 10.1. The minimum absolute atomic E-state index is 0.520. The molecule has 0 amide bonds. The van der Waals surface area contributed by atoms with Crippen LogP contribution in [-0.4, -0.2) is 24.0 Å². The van der Waals surface area contributed by atoms with E-state index in [1.165, 1.54) is 0 Å². The second-order valence-corrected chi connectivity index (χ2v) is 5.17. The predicted octanol–water partition coefficient (Wildman–Crippen LogP) is 3.06. The molecule has 118 valence electrons. The fourth-order valence-electron chi connectivity index (χ4n) is 2.48. The molecule has 1 aromatic heterocycles. The lowest BCUT2D eigenvalue weighted by Crippen LogP contribution is -1.96. The Morgan fingerprint density at radius 1 is 0.957 bits per heavy atom. The quantitative estimate of drug-likeness (QED) is 0.787. The molecule has 5 nitrogen and oxygen atoms in total. The summed E-state index contributed by atoms with van der Waals surface area (Å²) in [5.74, 6) is 2.18. The van der Waals surface area contributed by atoms with E-state index in [0.29, 0.717) is 12.2 Å². The molecule has 0 saturated heterocycles. The summed E-state index contributed by atoms with van der Waals surface area (Å²) in [6, 6.07) is 15.6. The monoisotopic (exact) mass is 309 g/mol. The smallest absolute Gasteiger partial charge is 0.149 e. The summed E-state index contributed by atoms with van der Waals surface area (Å²) in [7, 11) is 3.31. The Balaban J connectivity index is 1.88. The molecule has 0 fully saturated rings. The first-order chi connectivity index (χ1) is 11.2. The molecule has 0 aliphatic heterocycles. The van der Waals surface area contributed by atoms with E-state index in [9.17, 15) is 0 Å². The van der Waals surface area contributed by atoms with E-state index in [1.807, 2.05) is 54.7 Å². The number of nitrogens with zero attached hydrogens (tertiary/aromatic N) is 2. The standard InChI is InChI=1S/C18H19N3O2/c1-22-16-9-7-15(8-10-16)21-12-14(18(19)20-21)11-13-5-3-4-6-17(13)23-2/h3-10,12H,11H2,1-2H3,(H2,19,20). The van der Waals surface area contributed by atoms with Crippen molar-refractivity contribution in [3.8, 4) is 17.2 Å². The summed E-state index contributed by atoms with van der Waals surface area (Å²) in [4.78, 5) is 0. The van der Waals surface area contributed by atoms with Gasteiger partial charge in [0.05, 0.1) is 19.9 Å². The van der Waals surface area contributed by atoms with E-state index in [4.69, 9.17) is 15.2 Å². The van der Waals surface area contributed by atoms with Crippen LogP contribution in [0, 0.1) is 0 Å². The van der Waals surface area contributed by atoms with Crippen LogP contribution in [0.25, 0.3) is 5.69 Å². The molecule has 0 saturated carbocycles. The van der Waals surface area contributed by atoms with Crippen LogP contribution in [0.3, 0.4) is 0 Å². The van der Waals surface area contributed by atoms with Crippen molar-refractivity contribution in [2.75, 3.05) is 20.0 Å². The number of nitrogens with two attached hydrogens (primary N) is 1. The number of nitrogen functional groups attached to an aromatic ring is 1. The fourth-order valence-corrected chi connectivity index (χ4v) is 2.48. The number of anilines is 1. The van der Waals surface area contributed by atoms with Crippen LogP contribution in [0.5, 0.6) is 11.5 Å². The van der Waals surface area contributed by atoms with Gasteiger partial charge in [-0.3, -0.25) is 0 Å². The van der Waals surface area contributed by atoms with Crippen molar-refractivity contribution in [2.24, 2.45) is 0 Å². The summed E-state index contributed by atoms with van der Waals surface area (Å²) in [5, 5.41) is 4.40. The Labute approximate surface area is 135 Å². The zero-order valence-electron chi connectivity index (χ0n) is 13.2. The average Bonchev–Trinajstić information content (AvgIpc) is 2.96. The lowest BCUT2D eigenvalue weighted by molar-refractivity contribution is 0.410. The van der Waals surface area contributed by atoms with Crippen LogP contribution in [0.2, 0.25) is 0 Å². The number of ether oxygens (including phenoxy) is 2. The number of hydrogen-bond donors (Lipinski definition) is 1. The Kier molecular flexibility index (Phi) is 4.19. The Morgan fingerprint density at radius 3 is 2.39 bits per heavy atom. The van der Waals surface area contributed by atoms with E-state index >= 15 is 0 Å². The number of benzene rings is 2. The van der Waals surface area contributed by atoms with Crippen LogP contribution < -0.4 is 15.2 Å². The molecule has 3 rings (SSSR count). The van der Waals surface area contributed by atoms with Gasteiger partial charge in [-0.05, 0) is 35.9 Å². The van der Waals surface area contributed by atoms with Gasteiger partial charge in [-0.2, -0.15) is 5.10 Å². The number of hydrogen-bond acceptors (Lipinski definition) is 4. The molecule has 3 aromatic rings. The van der Waals surface area contributed by atoms with Gasteiger partial charge in [0.2, 0.25) is 0 Å². The van der Waals surface area contributed by atoms with Crippen LogP contribution >= 0.6 is 0 Å². The minimum Gasteiger partial charge on any atom is -0.497 e. The molecule has 0 aliphatic rings. The minimum atomic E-state index is 0.520. The maximum atomic E-state index is 6.08. The van der Waals surface area contributed by atoms with Gasteiger partial charge in [-0.25, -0.2) is 4.68 Å². The Hall–Kier alpha value is -2.95. The van der Waals surface area contributed by atoms with Gasteiger partial charge in [-0.15, -0.1) is 0 Å². The second kappa shape index (κ2) is 6.44. The van der Waals surface area contributed by atoms with E-state index in [0.717, 1.165) is 28.3 Å². The van der Waals surface area contributed by atoms with Crippen molar-refractivity contribution in [2.45, 2.75) is 6.42 Å². The van der Waals surface area contributed by atoms with E-state index in [1.54, 1.807) is 18.9 Å². The van der Waals surface area contributed by atoms with Gasteiger partial charge in [0, 0.05) is 18.2 Å². The highest BCUT2D eigenvalue weighted by atomic mass is 16.5. The molecule has 5 heteroatoms. The summed E-state index contributed by atoms with van der Waals surface area (Å²) < 4.78 is 12.3. The first-order valence-electron chi connectivity index (χ1n) is 7.31. The molecular weight excluding hydrogens is 290 g/mol. The largest absolute Gasteiger partial charge is 0.497 e. The molecule has 23 heavy (non-hydrogen) atoms. The van der Waals surface area contributed by atoms with Crippen molar-refractivity contribution in [3.63, 3.8) is 0 Å². The fraction of sp³-hybridized carbons (Fsp3) is 0.167. The first-order valence-corrected chi connectivity index (χ1v) is 7.31. The van der Waals surface area contributed by atoms with Gasteiger partial charge in [-0.1, -0.05) is 18.2 Å². The number of rotatable bonds is 5. The maximum Gasteiger partial charge on any atom is 0.149 e. The highest BCUT2D eigenvalue weighted by Gasteiger charge is 2.10. The molecule has 0 spiro atoms. The van der Waals surface area contributed by atoms with Gasteiger partial charge < -0.3 is 15.2 Å². The summed E-state index contributed by atoms with van der Waals surface area (Å²) in [6.07, 6.45) is 2.62. The zero-order valence-corrected chi connectivity index (χ0v) is 13.2. The molecule has 2 N–H and O–H groups in total. The number of aromatic nitrogens is 2. The van der Waals surface area contributed by atoms with Gasteiger partial charge in [0.1, 0.15) is 17.3 Å².